The molecule has 0 aliphatic carbocycles. The van der Waals surface area contributed by atoms with Gasteiger partial charge in [-0.15, -0.1) is 0 Å². The molecule has 0 radical (unpaired) electrons. The van der Waals surface area contributed by atoms with Crippen LogP contribution < -0.4 is 0 Å². The molecular formula is C15H19F3O2. The predicted octanol–water partition coefficient (Wildman–Crippen LogP) is 3.57. The van der Waals surface area contributed by atoms with E-state index in [1.165, 1.54) is 12.1 Å². The fraction of sp³-hybridized carbons (Fsp3) is 0.600. The fourth-order valence-corrected chi connectivity index (χ4v) is 2.48. The van der Waals surface area contributed by atoms with Gasteiger partial charge in [0.05, 0.1) is 17.8 Å². The molecule has 0 spiro atoms. The summed E-state index contributed by atoms with van der Waals surface area (Å²) in [5.74, 6) is 0. The first kappa shape index (κ1) is 15.3. The van der Waals surface area contributed by atoms with Crippen LogP contribution in [0.5, 0.6) is 0 Å². The molecule has 0 aromatic heterocycles. The van der Waals surface area contributed by atoms with Gasteiger partial charge in [0, 0.05) is 6.61 Å². The van der Waals surface area contributed by atoms with Crippen LogP contribution in [0.25, 0.3) is 0 Å². The number of rotatable bonds is 4. The Morgan fingerprint density at radius 1 is 1.20 bits per heavy atom. The van der Waals surface area contributed by atoms with Crippen LogP contribution in [-0.4, -0.2) is 23.9 Å². The third kappa shape index (κ3) is 4.49. The summed E-state index contributed by atoms with van der Waals surface area (Å²) >= 11 is 0. The summed E-state index contributed by atoms with van der Waals surface area (Å²) in [4.78, 5) is 0. The Labute approximate surface area is 116 Å². The van der Waals surface area contributed by atoms with Crippen molar-refractivity contribution in [3.8, 4) is 0 Å². The molecule has 0 saturated carbocycles. The minimum Gasteiger partial charge on any atom is -0.393 e. The normalized spacial score (nSPS) is 21.7. The van der Waals surface area contributed by atoms with Gasteiger partial charge in [-0.3, -0.25) is 0 Å². The lowest BCUT2D eigenvalue weighted by Gasteiger charge is -2.24. The molecule has 1 aliphatic heterocycles. The highest BCUT2D eigenvalue weighted by Gasteiger charge is 2.30. The molecule has 1 aromatic rings. The number of ether oxygens (including phenoxy) is 1. The Kier molecular flexibility index (Phi) is 5.05. The van der Waals surface area contributed by atoms with E-state index in [0.717, 1.165) is 38.0 Å². The van der Waals surface area contributed by atoms with E-state index in [4.69, 9.17) is 4.74 Å². The first-order valence-corrected chi connectivity index (χ1v) is 6.91. The van der Waals surface area contributed by atoms with Crippen LogP contribution in [0.4, 0.5) is 13.2 Å². The minimum atomic E-state index is -4.31. The Bertz CT molecular complexity index is 408. The van der Waals surface area contributed by atoms with Crippen LogP contribution in [0.15, 0.2) is 24.3 Å². The molecule has 0 bridgehead atoms. The summed E-state index contributed by atoms with van der Waals surface area (Å²) in [7, 11) is 0. The number of alkyl halides is 3. The van der Waals surface area contributed by atoms with E-state index < -0.39 is 17.8 Å². The molecule has 20 heavy (non-hydrogen) atoms. The van der Waals surface area contributed by atoms with Gasteiger partial charge in [-0.1, -0.05) is 12.1 Å². The third-order valence-corrected chi connectivity index (χ3v) is 3.56. The summed E-state index contributed by atoms with van der Waals surface area (Å²) < 4.78 is 42.8. The number of benzene rings is 1. The van der Waals surface area contributed by atoms with Gasteiger partial charge < -0.3 is 9.84 Å². The van der Waals surface area contributed by atoms with Gasteiger partial charge >= 0.3 is 6.18 Å². The Balaban J connectivity index is 1.86. The first-order chi connectivity index (χ1) is 9.45. The molecule has 1 fully saturated rings. The zero-order chi connectivity index (χ0) is 14.6. The summed E-state index contributed by atoms with van der Waals surface area (Å²) in [5.41, 5.74) is 0.0488. The minimum absolute atomic E-state index is 0.0770. The van der Waals surface area contributed by atoms with E-state index in [1.807, 2.05) is 0 Å². The van der Waals surface area contributed by atoms with Gasteiger partial charge in [0.25, 0.3) is 0 Å². The average molecular weight is 288 g/mol. The Morgan fingerprint density at radius 3 is 2.45 bits per heavy atom. The molecule has 2 rings (SSSR count). The van der Waals surface area contributed by atoms with E-state index >= 15 is 0 Å². The lowest BCUT2D eigenvalue weighted by Crippen LogP contribution is -2.25. The first-order valence-electron chi connectivity index (χ1n) is 6.91. The molecule has 5 heteroatoms. The maximum atomic E-state index is 12.4. The van der Waals surface area contributed by atoms with Crippen molar-refractivity contribution in [3.63, 3.8) is 0 Å². The van der Waals surface area contributed by atoms with Gasteiger partial charge in [-0.2, -0.15) is 13.2 Å². The van der Waals surface area contributed by atoms with Gasteiger partial charge in [0.15, 0.2) is 0 Å². The quantitative estimate of drug-likeness (QED) is 0.918. The number of hydrogen-bond acceptors (Lipinski definition) is 2. The average Bonchev–Trinajstić information content (AvgIpc) is 2.39. The zero-order valence-electron chi connectivity index (χ0n) is 11.2. The van der Waals surface area contributed by atoms with Crippen molar-refractivity contribution in [2.45, 2.75) is 50.5 Å². The van der Waals surface area contributed by atoms with Gasteiger partial charge in [0.1, 0.15) is 0 Å². The highest BCUT2D eigenvalue weighted by atomic mass is 19.4. The molecule has 2 unspecified atom stereocenters. The maximum absolute atomic E-state index is 12.4. The second-order valence-electron chi connectivity index (χ2n) is 5.28. The molecule has 1 heterocycles. The van der Waals surface area contributed by atoms with Crippen LogP contribution in [-0.2, 0) is 17.3 Å². The van der Waals surface area contributed by atoms with Crippen molar-refractivity contribution in [1.82, 2.24) is 0 Å². The van der Waals surface area contributed by atoms with Crippen molar-refractivity contribution in [2.75, 3.05) is 6.61 Å². The largest absolute Gasteiger partial charge is 0.416 e. The van der Waals surface area contributed by atoms with Crippen LogP contribution in [0.2, 0.25) is 0 Å². The van der Waals surface area contributed by atoms with Crippen molar-refractivity contribution in [2.24, 2.45) is 0 Å². The molecule has 1 N–H and O–H groups in total. The smallest absolute Gasteiger partial charge is 0.393 e. The van der Waals surface area contributed by atoms with E-state index in [-0.39, 0.29) is 6.10 Å². The van der Waals surface area contributed by atoms with E-state index in [2.05, 4.69) is 0 Å². The number of halogens is 3. The molecule has 2 atom stereocenters. The van der Waals surface area contributed by atoms with Crippen molar-refractivity contribution in [1.29, 1.82) is 0 Å². The number of aliphatic hydroxyl groups excluding tert-OH is 1. The van der Waals surface area contributed by atoms with E-state index in [0.29, 0.717) is 18.4 Å². The highest BCUT2D eigenvalue weighted by Crippen LogP contribution is 2.29. The molecule has 1 saturated heterocycles. The number of hydrogen-bond donors (Lipinski definition) is 1. The maximum Gasteiger partial charge on any atom is 0.416 e. The van der Waals surface area contributed by atoms with Crippen LogP contribution in [0.1, 0.15) is 36.8 Å². The molecule has 2 nitrogen and oxygen atoms in total. The second-order valence-corrected chi connectivity index (χ2v) is 5.28. The second kappa shape index (κ2) is 6.59. The Morgan fingerprint density at radius 2 is 1.90 bits per heavy atom. The summed E-state index contributed by atoms with van der Waals surface area (Å²) in [6.07, 6.45) is -0.790. The van der Waals surface area contributed by atoms with Crippen LogP contribution in [0.3, 0.4) is 0 Å². The lowest BCUT2D eigenvalue weighted by molar-refractivity contribution is -0.137. The highest BCUT2D eigenvalue weighted by molar-refractivity contribution is 5.25. The van der Waals surface area contributed by atoms with Crippen molar-refractivity contribution >= 4 is 0 Å². The molecular weight excluding hydrogens is 269 g/mol. The standard InChI is InChI=1S/C15H19F3O2/c16-15(17,18)12-6-4-11(5-7-12)9-13(19)10-14-3-1-2-8-20-14/h4-7,13-14,19H,1-3,8-10H2. The van der Waals surface area contributed by atoms with Gasteiger partial charge in [-0.25, -0.2) is 0 Å². The lowest BCUT2D eigenvalue weighted by atomic mass is 9.98. The summed E-state index contributed by atoms with van der Waals surface area (Å²) in [6, 6.07) is 4.96. The summed E-state index contributed by atoms with van der Waals surface area (Å²) in [6.45, 7) is 0.734. The number of aliphatic hydroxyl groups is 1. The summed E-state index contributed by atoms with van der Waals surface area (Å²) in [5, 5.41) is 9.98. The monoisotopic (exact) mass is 288 g/mol. The van der Waals surface area contributed by atoms with E-state index in [1.54, 1.807) is 0 Å². The predicted molar refractivity (Wildman–Crippen MR) is 69.4 cm³/mol. The topological polar surface area (TPSA) is 29.5 Å². The van der Waals surface area contributed by atoms with E-state index in [9.17, 15) is 18.3 Å². The SMILES string of the molecule is OC(Cc1ccc(C(F)(F)F)cc1)CC1CCCCO1. The third-order valence-electron chi connectivity index (χ3n) is 3.56. The van der Waals surface area contributed by atoms with Crippen molar-refractivity contribution < 1.29 is 23.0 Å². The molecule has 112 valence electrons. The fourth-order valence-electron chi connectivity index (χ4n) is 2.48. The van der Waals surface area contributed by atoms with Crippen LogP contribution >= 0.6 is 0 Å². The van der Waals surface area contributed by atoms with Crippen molar-refractivity contribution in [3.05, 3.63) is 35.4 Å². The zero-order valence-corrected chi connectivity index (χ0v) is 11.2. The van der Waals surface area contributed by atoms with Crippen LogP contribution in [0, 0.1) is 0 Å². The molecule has 1 aliphatic rings. The Hall–Kier alpha value is -1.07. The molecule has 1 aromatic carbocycles. The molecule has 0 amide bonds. The van der Waals surface area contributed by atoms with Gasteiger partial charge in [-0.05, 0) is 49.8 Å². The van der Waals surface area contributed by atoms with Gasteiger partial charge in [0.2, 0.25) is 0 Å².